The lowest BCUT2D eigenvalue weighted by Gasteiger charge is -2.20. The van der Waals surface area contributed by atoms with Crippen LogP contribution in [0.25, 0.3) is 0 Å². The number of nitrogens with zero attached hydrogens (tertiary/aromatic N) is 3. The molecule has 1 atom stereocenters. The fourth-order valence-electron chi connectivity index (χ4n) is 1.12. The first kappa shape index (κ1) is 12.4. The lowest BCUT2D eigenvalue weighted by molar-refractivity contribution is 0.0942. The number of rotatable bonds is 4. The predicted octanol–water partition coefficient (Wildman–Crippen LogP) is 0.0389. The lowest BCUT2D eigenvalue weighted by atomic mass is 10.0. The number of nitrogens with two attached hydrogens (primary N) is 1. The molecule has 1 rings (SSSR count). The van der Waals surface area contributed by atoms with Gasteiger partial charge in [0.05, 0.1) is 12.2 Å². The van der Waals surface area contributed by atoms with E-state index in [0.717, 1.165) is 11.5 Å². The minimum absolute atomic E-state index is 0.0146. The minimum atomic E-state index is -0.514. The maximum atomic E-state index is 11.7. The summed E-state index contributed by atoms with van der Waals surface area (Å²) in [5.41, 5.74) is 5.48. The first-order chi connectivity index (χ1) is 7.56. The second kappa shape index (κ2) is 5.40. The summed E-state index contributed by atoms with van der Waals surface area (Å²) < 4.78 is 3.58. The number of oxime groups is 1. The molecule has 1 heterocycles. The molecular weight excluding hydrogens is 230 g/mol. The summed E-state index contributed by atoms with van der Waals surface area (Å²) >= 11 is 0.988. The Labute approximate surface area is 96.5 Å². The topological polar surface area (TPSA) is 113 Å². The van der Waals surface area contributed by atoms with Crippen LogP contribution in [0.5, 0.6) is 0 Å². The van der Waals surface area contributed by atoms with E-state index in [1.807, 2.05) is 13.8 Å². The van der Waals surface area contributed by atoms with E-state index >= 15 is 0 Å². The van der Waals surface area contributed by atoms with Gasteiger partial charge in [0.15, 0.2) is 5.84 Å². The molecule has 1 unspecified atom stereocenters. The standard InChI is InChI=1S/C8H13N5O2S/c1-4(2)6(7(9)12-15)11-8(14)5-3-10-13-16-5/h3-4,6,15H,1-2H3,(H2,9,12)(H,11,14). The molecule has 1 amide bonds. The van der Waals surface area contributed by atoms with Gasteiger partial charge in [-0.15, -0.1) is 5.10 Å². The van der Waals surface area contributed by atoms with E-state index in [1.165, 1.54) is 6.20 Å². The van der Waals surface area contributed by atoms with Crippen molar-refractivity contribution in [1.82, 2.24) is 14.9 Å². The highest BCUT2D eigenvalue weighted by Gasteiger charge is 2.22. The van der Waals surface area contributed by atoms with E-state index < -0.39 is 6.04 Å². The molecule has 7 nitrogen and oxygen atoms in total. The van der Waals surface area contributed by atoms with Crippen molar-refractivity contribution in [2.24, 2.45) is 16.8 Å². The third kappa shape index (κ3) is 2.89. The van der Waals surface area contributed by atoms with Crippen LogP contribution in [-0.2, 0) is 0 Å². The maximum absolute atomic E-state index is 11.7. The van der Waals surface area contributed by atoms with Gasteiger partial charge in [0.25, 0.3) is 5.91 Å². The van der Waals surface area contributed by atoms with Crippen LogP contribution in [0, 0.1) is 5.92 Å². The van der Waals surface area contributed by atoms with Gasteiger partial charge in [-0.2, -0.15) is 0 Å². The Kier molecular flexibility index (Phi) is 4.18. The van der Waals surface area contributed by atoms with Crippen LogP contribution >= 0.6 is 11.5 Å². The van der Waals surface area contributed by atoms with E-state index in [-0.39, 0.29) is 17.7 Å². The number of amides is 1. The average molecular weight is 243 g/mol. The highest BCUT2D eigenvalue weighted by Crippen LogP contribution is 2.06. The molecule has 1 aromatic rings. The summed E-state index contributed by atoms with van der Waals surface area (Å²) in [6, 6.07) is -0.514. The van der Waals surface area contributed by atoms with E-state index in [0.29, 0.717) is 4.88 Å². The van der Waals surface area contributed by atoms with Crippen molar-refractivity contribution in [1.29, 1.82) is 0 Å². The number of aromatic nitrogens is 2. The lowest BCUT2D eigenvalue weighted by Crippen LogP contribution is -2.47. The van der Waals surface area contributed by atoms with Gasteiger partial charge in [0, 0.05) is 0 Å². The molecule has 0 bridgehead atoms. The summed E-state index contributed by atoms with van der Waals surface area (Å²) in [6.45, 7) is 3.71. The molecule has 1 aromatic heterocycles. The number of nitrogens with one attached hydrogen (secondary N) is 1. The van der Waals surface area contributed by atoms with E-state index in [9.17, 15) is 4.79 Å². The Bertz CT molecular complexity index is 376. The van der Waals surface area contributed by atoms with Crippen molar-refractivity contribution in [3.8, 4) is 0 Å². The normalized spacial score (nSPS) is 13.8. The summed E-state index contributed by atoms with van der Waals surface area (Å²) in [5.74, 6) is -0.346. The van der Waals surface area contributed by atoms with Crippen molar-refractivity contribution in [3.63, 3.8) is 0 Å². The van der Waals surface area contributed by atoms with Gasteiger partial charge in [-0.1, -0.05) is 23.5 Å². The Balaban J connectivity index is 2.73. The first-order valence-corrected chi connectivity index (χ1v) is 5.39. The van der Waals surface area contributed by atoms with Crippen molar-refractivity contribution in [2.45, 2.75) is 19.9 Å². The number of carbonyl (C=O) groups excluding carboxylic acids is 1. The second-order valence-electron chi connectivity index (χ2n) is 3.50. The average Bonchev–Trinajstić information content (AvgIpc) is 2.77. The third-order valence-corrected chi connectivity index (χ3v) is 2.64. The van der Waals surface area contributed by atoms with Crippen LogP contribution in [0.15, 0.2) is 11.4 Å². The molecule has 0 radical (unpaired) electrons. The third-order valence-electron chi connectivity index (χ3n) is 1.97. The summed E-state index contributed by atoms with van der Waals surface area (Å²) in [6.07, 6.45) is 1.36. The number of amidine groups is 1. The maximum Gasteiger partial charge on any atom is 0.265 e. The summed E-state index contributed by atoms with van der Waals surface area (Å²) in [7, 11) is 0. The molecule has 0 spiro atoms. The zero-order valence-electron chi connectivity index (χ0n) is 8.91. The van der Waals surface area contributed by atoms with Gasteiger partial charge in [-0.25, -0.2) is 0 Å². The molecule has 0 saturated carbocycles. The molecule has 0 fully saturated rings. The highest BCUT2D eigenvalue weighted by atomic mass is 32.1. The van der Waals surface area contributed by atoms with Gasteiger partial charge < -0.3 is 16.3 Å². The molecule has 88 valence electrons. The minimum Gasteiger partial charge on any atom is -0.409 e. The SMILES string of the molecule is CC(C)C(NC(=O)c1cnns1)C(N)=NO. The number of carbonyl (C=O) groups is 1. The molecule has 4 N–H and O–H groups in total. The van der Waals surface area contributed by atoms with Crippen LogP contribution in [0.2, 0.25) is 0 Å². The Hall–Kier alpha value is -1.70. The van der Waals surface area contributed by atoms with Crippen LogP contribution < -0.4 is 11.1 Å². The van der Waals surface area contributed by atoms with Crippen molar-refractivity contribution in [2.75, 3.05) is 0 Å². The Morgan fingerprint density at radius 2 is 2.38 bits per heavy atom. The summed E-state index contributed by atoms with van der Waals surface area (Å²) in [4.78, 5) is 12.1. The van der Waals surface area contributed by atoms with Gasteiger partial charge in [-0.3, -0.25) is 4.79 Å². The smallest absolute Gasteiger partial charge is 0.265 e. The first-order valence-electron chi connectivity index (χ1n) is 4.62. The fraction of sp³-hybridized carbons (Fsp3) is 0.500. The van der Waals surface area contributed by atoms with Crippen molar-refractivity contribution >= 4 is 23.3 Å². The number of hydrogen-bond donors (Lipinski definition) is 3. The zero-order chi connectivity index (χ0) is 12.1. The highest BCUT2D eigenvalue weighted by molar-refractivity contribution is 7.07. The van der Waals surface area contributed by atoms with Crippen molar-refractivity contribution < 1.29 is 10.0 Å². The Morgan fingerprint density at radius 1 is 1.69 bits per heavy atom. The molecular formula is C8H13N5O2S. The van der Waals surface area contributed by atoms with E-state index in [4.69, 9.17) is 10.9 Å². The molecule has 0 aliphatic rings. The van der Waals surface area contributed by atoms with Crippen LogP contribution in [0.3, 0.4) is 0 Å². The van der Waals surface area contributed by atoms with Gasteiger partial charge in [-0.05, 0) is 17.5 Å². The van der Waals surface area contributed by atoms with E-state index in [1.54, 1.807) is 0 Å². The predicted molar refractivity (Wildman–Crippen MR) is 59.4 cm³/mol. The molecule has 16 heavy (non-hydrogen) atoms. The molecule has 0 aliphatic heterocycles. The Morgan fingerprint density at radius 3 is 2.81 bits per heavy atom. The quantitative estimate of drug-likeness (QED) is 0.299. The monoisotopic (exact) mass is 243 g/mol. The van der Waals surface area contributed by atoms with Gasteiger partial charge in [0.2, 0.25) is 0 Å². The zero-order valence-corrected chi connectivity index (χ0v) is 9.73. The van der Waals surface area contributed by atoms with Crippen LogP contribution in [0.1, 0.15) is 23.5 Å². The summed E-state index contributed by atoms with van der Waals surface area (Å²) in [5, 5.41) is 17.7. The molecule has 8 heteroatoms. The number of hydrogen-bond acceptors (Lipinski definition) is 6. The second-order valence-corrected chi connectivity index (χ2v) is 4.29. The molecule has 0 aromatic carbocycles. The van der Waals surface area contributed by atoms with E-state index in [2.05, 4.69) is 20.1 Å². The molecule has 0 aliphatic carbocycles. The van der Waals surface area contributed by atoms with Gasteiger partial charge >= 0.3 is 0 Å². The fourth-order valence-corrected chi connectivity index (χ4v) is 1.54. The van der Waals surface area contributed by atoms with Crippen molar-refractivity contribution in [3.05, 3.63) is 11.1 Å². The molecule has 0 saturated heterocycles. The van der Waals surface area contributed by atoms with Gasteiger partial charge in [0.1, 0.15) is 4.88 Å². The van der Waals surface area contributed by atoms with Crippen LogP contribution in [-0.4, -0.2) is 32.6 Å². The van der Waals surface area contributed by atoms with Crippen LogP contribution in [0.4, 0.5) is 0 Å². The largest absolute Gasteiger partial charge is 0.409 e.